The highest BCUT2D eigenvalue weighted by Gasteiger charge is 2.40. The van der Waals surface area contributed by atoms with Gasteiger partial charge in [0.05, 0.1) is 0 Å². The molecule has 1 saturated heterocycles. The zero-order valence-electron chi connectivity index (χ0n) is 9.30. The summed E-state index contributed by atoms with van der Waals surface area (Å²) in [5.74, 6) is 0. The van der Waals surface area contributed by atoms with Crippen molar-refractivity contribution >= 4 is 0 Å². The van der Waals surface area contributed by atoms with Gasteiger partial charge in [0, 0.05) is 51.1 Å². The number of aromatic nitrogens is 2. The summed E-state index contributed by atoms with van der Waals surface area (Å²) < 4.78 is 10.8. The molecule has 1 aromatic heterocycles. The first-order valence-electron chi connectivity index (χ1n) is 5.34. The van der Waals surface area contributed by atoms with Crippen LogP contribution in [-0.2, 0) is 9.47 Å². The highest BCUT2D eigenvalue weighted by molar-refractivity contribution is 5.13. The molecule has 0 aromatic carbocycles. The number of ether oxygens (including phenoxy) is 2. The Morgan fingerprint density at radius 1 is 1.38 bits per heavy atom. The highest BCUT2D eigenvalue weighted by Crippen LogP contribution is 2.36. The summed E-state index contributed by atoms with van der Waals surface area (Å²) in [6.45, 7) is 1.22. The molecule has 2 heterocycles. The van der Waals surface area contributed by atoms with Gasteiger partial charge >= 0.3 is 0 Å². The minimum absolute atomic E-state index is 0.567. The number of nitrogens with zero attached hydrogens (tertiary/aromatic N) is 2. The van der Waals surface area contributed by atoms with Crippen LogP contribution in [0.4, 0.5) is 0 Å². The molecule has 1 fully saturated rings. The number of rotatable bonds is 3. The fourth-order valence-electron chi connectivity index (χ4n) is 2.06. The second kappa shape index (κ2) is 4.86. The molecule has 5 heteroatoms. The van der Waals surface area contributed by atoms with Crippen LogP contribution in [0, 0.1) is 0 Å². The molecule has 0 radical (unpaired) electrons. The average molecular weight is 224 g/mol. The molecule has 2 rings (SSSR count). The maximum Gasteiger partial charge on any atom is 0.115 e. The van der Waals surface area contributed by atoms with E-state index in [2.05, 4.69) is 9.97 Å². The summed E-state index contributed by atoms with van der Waals surface area (Å²) in [6.07, 6.45) is 5.34. The minimum Gasteiger partial charge on any atom is -0.385 e. The molecular weight excluding hydrogens is 208 g/mol. The first-order chi connectivity index (χ1) is 7.78. The quantitative estimate of drug-likeness (QED) is 0.819. The van der Waals surface area contributed by atoms with Crippen molar-refractivity contribution in [1.29, 1.82) is 0 Å². The van der Waals surface area contributed by atoms with E-state index in [1.165, 1.54) is 6.33 Å². The predicted molar refractivity (Wildman–Crippen MR) is 56.8 cm³/mol. The first kappa shape index (κ1) is 11.4. The molecule has 0 bridgehead atoms. The van der Waals surface area contributed by atoms with Gasteiger partial charge < -0.3 is 14.6 Å². The maximum absolute atomic E-state index is 10.3. The fourth-order valence-corrected chi connectivity index (χ4v) is 2.06. The predicted octanol–water partition coefficient (Wildman–Crippen LogP) is 0.706. The molecule has 5 nitrogen and oxygen atoms in total. The SMILES string of the molecule is COC1(C(O)c2cncnc2)CCOCC1. The van der Waals surface area contributed by atoms with Gasteiger partial charge in [-0.25, -0.2) is 9.97 Å². The van der Waals surface area contributed by atoms with E-state index in [0.29, 0.717) is 31.6 Å². The van der Waals surface area contributed by atoms with Crippen LogP contribution >= 0.6 is 0 Å². The van der Waals surface area contributed by atoms with Crippen LogP contribution in [0.25, 0.3) is 0 Å². The molecule has 1 aliphatic heterocycles. The molecule has 1 N–H and O–H groups in total. The summed E-state index contributed by atoms with van der Waals surface area (Å²) in [5, 5.41) is 10.3. The Bertz CT molecular complexity index is 325. The van der Waals surface area contributed by atoms with Crippen molar-refractivity contribution in [2.24, 2.45) is 0 Å². The molecule has 0 amide bonds. The first-order valence-corrected chi connectivity index (χ1v) is 5.34. The normalized spacial score (nSPS) is 21.6. The van der Waals surface area contributed by atoms with Gasteiger partial charge in [0.25, 0.3) is 0 Å². The van der Waals surface area contributed by atoms with Crippen LogP contribution < -0.4 is 0 Å². The summed E-state index contributed by atoms with van der Waals surface area (Å²) >= 11 is 0. The van der Waals surface area contributed by atoms with Gasteiger partial charge in [-0.1, -0.05) is 0 Å². The molecule has 1 unspecified atom stereocenters. The zero-order valence-corrected chi connectivity index (χ0v) is 9.30. The van der Waals surface area contributed by atoms with Crippen LogP contribution in [0.3, 0.4) is 0 Å². The zero-order chi connectivity index (χ0) is 11.4. The average Bonchev–Trinajstić information content (AvgIpc) is 2.39. The van der Waals surface area contributed by atoms with Gasteiger partial charge in [-0.15, -0.1) is 0 Å². The third-order valence-electron chi connectivity index (χ3n) is 3.14. The summed E-state index contributed by atoms with van der Waals surface area (Å²) in [6, 6.07) is 0. The number of methoxy groups -OCH3 is 1. The van der Waals surface area contributed by atoms with Crippen molar-refractivity contribution in [3.8, 4) is 0 Å². The lowest BCUT2D eigenvalue weighted by molar-refractivity contribution is -0.154. The van der Waals surface area contributed by atoms with Gasteiger partial charge in [-0.05, 0) is 0 Å². The van der Waals surface area contributed by atoms with Crippen molar-refractivity contribution in [2.75, 3.05) is 20.3 Å². The van der Waals surface area contributed by atoms with Crippen LogP contribution in [0.5, 0.6) is 0 Å². The van der Waals surface area contributed by atoms with Gasteiger partial charge in [0.15, 0.2) is 0 Å². The number of hydrogen-bond donors (Lipinski definition) is 1. The van der Waals surface area contributed by atoms with Crippen molar-refractivity contribution in [1.82, 2.24) is 9.97 Å². The third-order valence-corrected chi connectivity index (χ3v) is 3.14. The molecule has 1 aromatic rings. The van der Waals surface area contributed by atoms with E-state index >= 15 is 0 Å². The minimum atomic E-state index is -0.706. The lowest BCUT2D eigenvalue weighted by Gasteiger charge is -2.39. The Labute approximate surface area is 94.4 Å². The van der Waals surface area contributed by atoms with Crippen LogP contribution in [-0.4, -0.2) is 41.0 Å². The lowest BCUT2D eigenvalue weighted by Crippen LogP contribution is -2.43. The van der Waals surface area contributed by atoms with Gasteiger partial charge in [0.2, 0.25) is 0 Å². The maximum atomic E-state index is 10.3. The number of aliphatic hydroxyl groups is 1. The Morgan fingerprint density at radius 3 is 2.56 bits per heavy atom. The van der Waals surface area contributed by atoms with Crippen molar-refractivity contribution < 1.29 is 14.6 Å². The Morgan fingerprint density at radius 2 is 2.00 bits per heavy atom. The number of hydrogen-bond acceptors (Lipinski definition) is 5. The van der Waals surface area contributed by atoms with E-state index < -0.39 is 11.7 Å². The van der Waals surface area contributed by atoms with Crippen LogP contribution in [0.15, 0.2) is 18.7 Å². The largest absolute Gasteiger partial charge is 0.385 e. The summed E-state index contributed by atoms with van der Waals surface area (Å²) in [5.41, 5.74) is 0.120. The van der Waals surface area contributed by atoms with Gasteiger partial charge in [-0.2, -0.15) is 0 Å². The van der Waals surface area contributed by atoms with Gasteiger partial charge in [0.1, 0.15) is 18.0 Å². The molecule has 16 heavy (non-hydrogen) atoms. The molecule has 0 aliphatic carbocycles. The van der Waals surface area contributed by atoms with E-state index in [1.807, 2.05) is 0 Å². The standard InChI is InChI=1S/C11H16N2O3/c1-15-11(2-4-16-5-3-11)10(14)9-6-12-8-13-7-9/h6-8,10,14H,2-5H2,1H3. The Hall–Kier alpha value is -1.04. The van der Waals surface area contributed by atoms with E-state index in [9.17, 15) is 5.11 Å². The molecule has 88 valence electrons. The molecule has 1 atom stereocenters. The Kier molecular flexibility index (Phi) is 3.48. The smallest absolute Gasteiger partial charge is 0.115 e. The fraction of sp³-hybridized carbons (Fsp3) is 0.636. The summed E-state index contributed by atoms with van der Waals surface area (Å²) in [7, 11) is 1.62. The molecule has 0 saturated carbocycles. The summed E-state index contributed by atoms with van der Waals surface area (Å²) in [4.78, 5) is 7.82. The highest BCUT2D eigenvalue weighted by atomic mass is 16.5. The monoisotopic (exact) mass is 224 g/mol. The molecular formula is C11H16N2O3. The van der Waals surface area contributed by atoms with Crippen LogP contribution in [0.1, 0.15) is 24.5 Å². The van der Waals surface area contributed by atoms with Crippen molar-refractivity contribution in [2.45, 2.75) is 24.5 Å². The molecule has 0 spiro atoms. The van der Waals surface area contributed by atoms with Gasteiger partial charge in [-0.3, -0.25) is 0 Å². The van der Waals surface area contributed by atoms with Crippen LogP contribution in [0.2, 0.25) is 0 Å². The van der Waals surface area contributed by atoms with E-state index in [0.717, 1.165) is 0 Å². The molecule has 1 aliphatic rings. The third kappa shape index (κ3) is 2.07. The second-order valence-corrected chi connectivity index (χ2v) is 3.96. The Balaban J connectivity index is 2.20. The lowest BCUT2D eigenvalue weighted by atomic mass is 9.85. The van der Waals surface area contributed by atoms with E-state index in [-0.39, 0.29) is 0 Å². The van der Waals surface area contributed by atoms with Crippen molar-refractivity contribution in [3.05, 3.63) is 24.3 Å². The second-order valence-electron chi connectivity index (χ2n) is 3.96. The van der Waals surface area contributed by atoms with E-state index in [4.69, 9.17) is 9.47 Å². The number of aliphatic hydroxyl groups excluding tert-OH is 1. The van der Waals surface area contributed by atoms with E-state index in [1.54, 1.807) is 19.5 Å². The topological polar surface area (TPSA) is 64.5 Å². The van der Waals surface area contributed by atoms with Crippen molar-refractivity contribution in [3.63, 3.8) is 0 Å².